The Labute approximate surface area is 176 Å². The zero-order valence-corrected chi connectivity index (χ0v) is 17.1. The van der Waals surface area contributed by atoms with Crippen LogP contribution in [0.3, 0.4) is 0 Å². The standard InChI is InChI=1S/C26H23NO3/c1-17(2)25(28)27-23-13-9-21(10-14-23)19-5-7-20(8-6-19)22-11-15-24(16-12-22)30-26(29)18(3)4/h5-16H,1,3H2,2,4H3,(H,27,28). The number of ether oxygens (including phenoxy) is 1. The van der Waals surface area contributed by atoms with Gasteiger partial charge in [0.1, 0.15) is 5.75 Å². The maximum absolute atomic E-state index is 11.7. The summed E-state index contributed by atoms with van der Waals surface area (Å²) in [5.74, 6) is -0.132. The summed E-state index contributed by atoms with van der Waals surface area (Å²) in [7, 11) is 0. The second-order valence-corrected chi connectivity index (χ2v) is 7.08. The lowest BCUT2D eigenvalue weighted by Gasteiger charge is -2.08. The van der Waals surface area contributed by atoms with Crippen molar-refractivity contribution in [2.24, 2.45) is 0 Å². The molecule has 3 rings (SSSR count). The van der Waals surface area contributed by atoms with Crippen LogP contribution in [0.15, 0.2) is 97.1 Å². The molecule has 0 unspecified atom stereocenters. The third-order valence-corrected chi connectivity index (χ3v) is 4.50. The molecule has 0 saturated carbocycles. The fraction of sp³-hybridized carbons (Fsp3) is 0.0769. The molecule has 0 radical (unpaired) electrons. The second kappa shape index (κ2) is 9.05. The minimum absolute atomic E-state index is 0.187. The van der Waals surface area contributed by atoms with Crippen molar-refractivity contribution in [3.8, 4) is 28.0 Å². The van der Waals surface area contributed by atoms with E-state index in [4.69, 9.17) is 4.74 Å². The highest BCUT2D eigenvalue weighted by atomic mass is 16.5. The molecule has 30 heavy (non-hydrogen) atoms. The minimum Gasteiger partial charge on any atom is -0.423 e. The Morgan fingerprint density at radius 1 is 0.667 bits per heavy atom. The van der Waals surface area contributed by atoms with E-state index in [-0.39, 0.29) is 5.91 Å². The molecular weight excluding hydrogens is 374 g/mol. The highest BCUT2D eigenvalue weighted by molar-refractivity contribution is 6.02. The van der Waals surface area contributed by atoms with E-state index >= 15 is 0 Å². The SMILES string of the molecule is C=C(C)C(=O)Nc1ccc(-c2ccc(-c3ccc(OC(=O)C(=C)C)cc3)cc2)cc1. The molecule has 150 valence electrons. The molecule has 0 fully saturated rings. The van der Waals surface area contributed by atoms with Crippen molar-refractivity contribution in [3.05, 3.63) is 97.1 Å². The van der Waals surface area contributed by atoms with Gasteiger partial charge >= 0.3 is 5.97 Å². The van der Waals surface area contributed by atoms with Gasteiger partial charge in [-0.3, -0.25) is 4.79 Å². The molecule has 0 aliphatic rings. The lowest BCUT2D eigenvalue weighted by molar-refractivity contribution is -0.130. The molecule has 0 bridgehead atoms. The Hall–Kier alpha value is -3.92. The molecule has 0 aliphatic heterocycles. The van der Waals surface area contributed by atoms with Gasteiger partial charge in [-0.05, 0) is 60.4 Å². The van der Waals surface area contributed by atoms with Crippen LogP contribution in [0, 0.1) is 0 Å². The first-order chi connectivity index (χ1) is 14.3. The monoisotopic (exact) mass is 397 g/mol. The van der Waals surface area contributed by atoms with E-state index in [1.54, 1.807) is 26.0 Å². The highest BCUT2D eigenvalue weighted by Gasteiger charge is 2.07. The lowest BCUT2D eigenvalue weighted by atomic mass is 10.00. The summed E-state index contributed by atoms with van der Waals surface area (Å²) in [5.41, 5.74) is 5.77. The molecule has 0 atom stereocenters. The van der Waals surface area contributed by atoms with Crippen LogP contribution in [0.25, 0.3) is 22.3 Å². The Morgan fingerprint density at radius 2 is 1.07 bits per heavy atom. The van der Waals surface area contributed by atoms with Gasteiger partial charge in [0.2, 0.25) is 0 Å². The predicted octanol–water partition coefficient (Wildman–Crippen LogP) is 6.02. The van der Waals surface area contributed by atoms with Crippen LogP contribution in [0.5, 0.6) is 5.75 Å². The molecule has 3 aromatic carbocycles. The molecule has 0 aromatic heterocycles. The molecule has 1 amide bonds. The number of carbonyl (C=O) groups is 2. The average molecular weight is 397 g/mol. The molecular formula is C26H23NO3. The molecule has 1 N–H and O–H groups in total. The third kappa shape index (κ3) is 5.11. The maximum Gasteiger partial charge on any atom is 0.338 e. The van der Waals surface area contributed by atoms with Gasteiger partial charge in [0.05, 0.1) is 0 Å². The third-order valence-electron chi connectivity index (χ3n) is 4.50. The first-order valence-corrected chi connectivity index (χ1v) is 9.49. The van der Waals surface area contributed by atoms with E-state index in [9.17, 15) is 9.59 Å². The largest absolute Gasteiger partial charge is 0.423 e. The molecule has 0 aliphatic carbocycles. The average Bonchev–Trinajstić information content (AvgIpc) is 2.75. The minimum atomic E-state index is -0.433. The number of hydrogen-bond acceptors (Lipinski definition) is 3. The van der Waals surface area contributed by atoms with E-state index in [2.05, 4.69) is 18.5 Å². The van der Waals surface area contributed by atoms with Crippen molar-refractivity contribution in [1.82, 2.24) is 0 Å². The number of amides is 1. The number of anilines is 1. The van der Waals surface area contributed by atoms with Crippen molar-refractivity contribution in [3.63, 3.8) is 0 Å². The Balaban J connectivity index is 1.70. The van der Waals surface area contributed by atoms with Crippen molar-refractivity contribution >= 4 is 17.6 Å². The summed E-state index contributed by atoms with van der Waals surface area (Å²) < 4.78 is 5.22. The first-order valence-electron chi connectivity index (χ1n) is 9.49. The number of nitrogens with one attached hydrogen (secondary N) is 1. The predicted molar refractivity (Wildman–Crippen MR) is 121 cm³/mol. The fourth-order valence-corrected chi connectivity index (χ4v) is 2.75. The van der Waals surface area contributed by atoms with Gasteiger partial charge in [-0.15, -0.1) is 0 Å². The number of hydrogen-bond donors (Lipinski definition) is 1. The quantitative estimate of drug-likeness (QED) is 0.314. The van der Waals surface area contributed by atoms with Crippen LogP contribution in [0.4, 0.5) is 5.69 Å². The Kier molecular flexibility index (Phi) is 6.28. The van der Waals surface area contributed by atoms with Gasteiger partial charge in [-0.1, -0.05) is 61.7 Å². The highest BCUT2D eigenvalue weighted by Crippen LogP contribution is 2.27. The smallest absolute Gasteiger partial charge is 0.338 e. The number of rotatable bonds is 6. The second-order valence-electron chi connectivity index (χ2n) is 7.08. The molecule has 0 heterocycles. The first kappa shape index (κ1) is 20.8. The van der Waals surface area contributed by atoms with Gasteiger partial charge in [0, 0.05) is 16.8 Å². The van der Waals surface area contributed by atoms with Gasteiger partial charge in [-0.2, -0.15) is 0 Å². The lowest BCUT2D eigenvalue weighted by Crippen LogP contribution is -2.11. The molecule has 4 heteroatoms. The summed E-state index contributed by atoms with van der Waals surface area (Å²) in [4.78, 5) is 23.3. The molecule has 3 aromatic rings. The van der Waals surface area contributed by atoms with Crippen LogP contribution in [0.1, 0.15) is 13.8 Å². The summed E-state index contributed by atoms with van der Waals surface area (Å²) in [6.45, 7) is 10.5. The Bertz CT molecular complexity index is 1000. The van der Waals surface area contributed by atoms with E-state index in [1.165, 1.54) is 0 Å². The topological polar surface area (TPSA) is 55.4 Å². The summed E-state index contributed by atoms with van der Waals surface area (Å²) in [6.07, 6.45) is 0. The number of carbonyl (C=O) groups excluding carboxylic acids is 2. The Morgan fingerprint density at radius 3 is 1.47 bits per heavy atom. The summed E-state index contributed by atoms with van der Waals surface area (Å²) in [5, 5.41) is 2.80. The van der Waals surface area contributed by atoms with E-state index in [0.717, 1.165) is 27.9 Å². The number of benzene rings is 3. The molecule has 0 saturated heterocycles. The number of esters is 1. The van der Waals surface area contributed by atoms with Crippen molar-refractivity contribution < 1.29 is 14.3 Å². The van der Waals surface area contributed by atoms with Crippen molar-refractivity contribution in [2.75, 3.05) is 5.32 Å². The van der Waals surface area contributed by atoms with Gasteiger partial charge in [0.15, 0.2) is 0 Å². The fourth-order valence-electron chi connectivity index (χ4n) is 2.75. The molecule has 4 nitrogen and oxygen atoms in total. The summed E-state index contributed by atoms with van der Waals surface area (Å²) in [6, 6.07) is 23.2. The van der Waals surface area contributed by atoms with Crippen LogP contribution in [0.2, 0.25) is 0 Å². The van der Waals surface area contributed by atoms with Gasteiger partial charge < -0.3 is 10.1 Å². The van der Waals surface area contributed by atoms with E-state index < -0.39 is 5.97 Å². The summed E-state index contributed by atoms with van der Waals surface area (Å²) >= 11 is 0. The van der Waals surface area contributed by atoms with Crippen LogP contribution < -0.4 is 10.1 Å². The normalized spacial score (nSPS) is 10.2. The van der Waals surface area contributed by atoms with Gasteiger partial charge in [-0.25, -0.2) is 4.79 Å². The van der Waals surface area contributed by atoms with Crippen LogP contribution >= 0.6 is 0 Å². The molecule has 0 spiro atoms. The van der Waals surface area contributed by atoms with Crippen molar-refractivity contribution in [1.29, 1.82) is 0 Å². The van der Waals surface area contributed by atoms with Crippen LogP contribution in [-0.2, 0) is 9.59 Å². The van der Waals surface area contributed by atoms with E-state index in [1.807, 2.05) is 60.7 Å². The zero-order chi connectivity index (χ0) is 21.7. The maximum atomic E-state index is 11.7. The van der Waals surface area contributed by atoms with Crippen molar-refractivity contribution in [2.45, 2.75) is 13.8 Å². The van der Waals surface area contributed by atoms with Crippen LogP contribution in [-0.4, -0.2) is 11.9 Å². The van der Waals surface area contributed by atoms with E-state index in [0.29, 0.717) is 16.9 Å². The van der Waals surface area contributed by atoms with Gasteiger partial charge in [0.25, 0.3) is 5.91 Å². The zero-order valence-electron chi connectivity index (χ0n) is 17.1.